The number of aryl methyl sites for hydroxylation is 2. The van der Waals surface area contributed by atoms with Gasteiger partial charge in [0.25, 0.3) is 0 Å². The summed E-state index contributed by atoms with van der Waals surface area (Å²) < 4.78 is 3.33. The molecule has 0 aliphatic rings. The predicted molar refractivity (Wildman–Crippen MR) is 48.2 cm³/mol. The molecule has 0 saturated heterocycles. The first-order valence-corrected chi connectivity index (χ1v) is 4.29. The second-order valence-corrected chi connectivity index (χ2v) is 2.73. The van der Waals surface area contributed by atoms with Crippen molar-refractivity contribution in [1.82, 2.24) is 9.13 Å². The van der Waals surface area contributed by atoms with Gasteiger partial charge < -0.3 is 0 Å². The topological polar surface area (TPSA) is 26.9 Å². The van der Waals surface area contributed by atoms with Gasteiger partial charge in [0.15, 0.2) is 0 Å². The molecule has 0 aliphatic heterocycles. The van der Waals surface area contributed by atoms with Crippen molar-refractivity contribution < 1.29 is 0 Å². The van der Waals surface area contributed by atoms with Crippen LogP contribution in [0.1, 0.15) is 6.92 Å². The molecule has 0 aromatic carbocycles. The molecule has 0 fully saturated rings. The molecule has 0 atom stereocenters. The minimum Gasteiger partial charge on any atom is -0.300 e. The van der Waals surface area contributed by atoms with Gasteiger partial charge >= 0.3 is 5.69 Å². The Morgan fingerprint density at radius 2 is 2.09 bits per heavy atom. The van der Waals surface area contributed by atoms with E-state index in [9.17, 15) is 4.79 Å². The Balaban J connectivity index is 2.92. The van der Waals surface area contributed by atoms with Crippen LogP contribution < -0.4 is 5.69 Å². The highest BCUT2D eigenvalue weighted by atomic mass is 32.1. The second-order valence-electron chi connectivity index (χ2n) is 2.28. The lowest BCUT2D eigenvalue weighted by molar-refractivity contribution is 0.659. The highest BCUT2D eigenvalue weighted by molar-refractivity contribution is 7.80. The van der Waals surface area contributed by atoms with Gasteiger partial charge in [-0.05, 0) is 6.92 Å². The molecule has 11 heavy (non-hydrogen) atoms. The first kappa shape index (κ1) is 8.46. The fourth-order valence-electron chi connectivity index (χ4n) is 0.972. The Hall–Kier alpha value is -0.640. The summed E-state index contributed by atoms with van der Waals surface area (Å²) in [6.07, 6.45) is 3.59. The number of hydrogen-bond acceptors (Lipinski definition) is 2. The number of imidazole rings is 1. The summed E-state index contributed by atoms with van der Waals surface area (Å²) in [5, 5.41) is 0. The molecular formula is C7H12N2OS. The Bertz CT molecular complexity index is 276. The first-order chi connectivity index (χ1) is 5.29. The molecule has 1 aromatic rings. The van der Waals surface area contributed by atoms with Gasteiger partial charge in [-0.15, -0.1) is 0 Å². The summed E-state index contributed by atoms with van der Waals surface area (Å²) in [4.78, 5) is 11.3. The minimum atomic E-state index is 0.0570. The molecule has 0 bridgehead atoms. The number of thiol groups is 1. The zero-order valence-corrected chi connectivity index (χ0v) is 7.42. The second kappa shape index (κ2) is 3.67. The lowest BCUT2D eigenvalue weighted by Crippen LogP contribution is -2.23. The summed E-state index contributed by atoms with van der Waals surface area (Å²) in [5.41, 5.74) is 0.0570. The lowest BCUT2D eigenvalue weighted by atomic mass is 10.7. The van der Waals surface area contributed by atoms with Crippen molar-refractivity contribution in [2.75, 3.05) is 5.75 Å². The number of aromatic nitrogens is 2. The van der Waals surface area contributed by atoms with Gasteiger partial charge in [-0.1, -0.05) is 0 Å². The third-order valence-corrected chi connectivity index (χ3v) is 1.80. The van der Waals surface area contributed by atoms with Crippen LogP contribution in [-0.4, -0.2) is 14.9 Å². The zero-order chi connectivity index (χ0) is 8.27. The third kappa shape index (κ3) is 1.68. The molecule has 0 unspecified atom stereocenters. The van der Waals surface area contributed by atoms with Crippen LogP contribution in [0.2, 0.25) is 0 Å². The molecule has 0 N–H and O–H groups in total. The fraction of sp³-hybridized carbons (Fsp3) is 0.571. The first-order valence-electron chi connectivity index (χ1n) is 3.66. The van der Waals surface area contributed by atoms with E-state index in [2.05, 4.69) is 12.6 Å². The van der Waals surface area contributed by atoms with Crippen LogP contribution in [0.25, 0.3) is 0 Å². The maximum atomic E-state index is 11.3. The lowest BCUT2D eigenvalue weighted by Gasteiger charge is -1.95. The van der Waals surface area contributed by atoms with Gasteiger partial charge in [0.1, 0.15) is 0 Å². The van der Waals surface area contributed by atoms with Crippen LogP contribution in [-0.2, 0) is 13.1 Å². The average molecular weight is 172 g/mol. The standard InChI is InChI=1S/C7H12N2OS/c1-2-8-3-4-9(5-6-11)7(8)10/h3-4,11H,2,5-6H2,1H3. The molecule has 1 aromatic heterocycles. The molecule has 1 rings (SSSR count). The smallest absolute Gasteiger partial charge is 0.300 e. The maximum Gasteiger partial charge on any atom is 0.328 e. The largest absolute Gasteiger partial charge is 0.328 e. The van der Waals surface area contributed by atoms with Crippen molar-refractivity contribution >= 4 is 12.6 Å². The van der Waals surface area contributed by atoms with Gasteiger partial charge in [-0.25, -0.2) is 4.79 Å². The molecule has 0 saturated carbocycles. The Morgan fingerprint density at radius 1 is 1.45 bits per heavy atom. The summed E-state index contributed by atoms with van der Waals surface area (Å²) in [7, 11) is 0. The number of nitrogens with zero attached hydrogens (tertiary/aromatic N) is 2. The fourth-order valence-corrected chi connectivity index (χ4v) is 1.19. The van der Waals surface area contributed by atoms with Crippen molar-refractivity contribution in [3.05, 3.63) is 22.9 Å². The Labute approximate surface area is 71.1 Å². The van der Waals surface area contributed by atoms with E-state index in [1.807, 2.05) is 6.92 Å². The van der Waals surface area contributed by atoms with Crippen LogP contribution in [0.15, 0.2) is 17.2 Å². The van der Waals surface area contributed by atoms with Crippen molar-refractivity contribution in [2.24, 2.45) is 0 Å². The van der Waals surface area contributed by atoms with Gasteiger partial charge in [-0.3, -0.25) is 9.13 Å². The summed E-state index contributed by atoms with van der Waals surface area (Å²) >= 11 is 4.05. The van der Waals surface area contributed by atoms with E-state index in [-0.39, 0.29) is 5.69 Å². The molecule has 1 heterocycles. The molecule has 0 amide bonds. The van der Waals surface area contributed by atoms with Gasteiger partial charge in [0.05, 0.1) is 0 Å². The zero-order valence-electron chi connectivity index (χ0n) is 6.53. The van der Waals surface area contributed by atoms with Crippen molar-refractivity contribution in [3.63, 3.8) is 0 Å². The molecule has 3 nitrogen and oxygen atoms in total. The quantitative estimate of drug-likeness (QED) is 0.664. The van der Waals surface area contributed by atoms with E-state index < -0.39 is 0 Å². The Kier molecular flexibility index (Phi) is 2.82. The normalized spacial score (nSPS) is 10.4. The highest BCUT2D eigenvalue weighted by Gasteiger charge is 1.98. The number of rotatable bonds is 3. The van der Waals surface area contributed by atoms with Crippen LogP contribution in [0, 0.1) is 0 Å². The van der Waals surface area contributed by atoms with Crippen LogP contribution in [0.5, 0.6) is 0 Å². The van der Waals surface area contributed by atoms with Crippen LogP contribution in [0.4, 0.5) is 0 Å². The van der Waals surface area contributed by atoms with Crippen LogP contribution >= 0.6 is 12.6 Å². The van der Waals surface area contributed by atoms with E-state index in [0.29, 0.717) is 12.3 Å². The molecule has 0 spiro atoms. The van der Waals surface area contributed by atoms with Gasteiger partial charge in [-0.2, -0.15) is 12.6 Å². The molecule has 62 valence electrons. The summed E-state index contributed by atoms with van der Waals surface area (Å²) in [6.45, 7) is 3.37. The van der Waals surface area contributed by atoms with Crippen molar-refractivity contribution in [3.8, 4) is 0 Å². The summed E-state index contributed by atoms with van der Waals surface area (Å²) in [6, 6.07) is 0. The third-order valence-electron chi connectivity index (χ3n) is 1.60. The SMILES string of the molecule is CCn1ccn(CCS)c1=O. The van der Waals surface area contributed by atoms with E-state index in [1.165, 1.54) is 0 Å². The van der Waals surface area contributed by atoms with Crippen molar-refractivity contribution in [2.45, 2.75) is 20.0 Å². The molecule has 4 heteroatoms. The van der Waals surface area contributed by atoms with Crippen LogP contribution in [0.3, 0.4) is 0 Å². The molecular weight excluding hydrogens is 160 g/mol. The van der Waals surface area contributed by atoms with E-state index >= 15 is 0 Å². The van der Waals surface area contributed by atoms with E-state index in [0.717, 1.165) is 6.54 Å². The predicted octanol–water partition coefficient (Wildman–Crippen LogP) is 0.599. The number of hydrogen-bond donors (Lipinski definition) is 1. The average Bonchev–Trinajstić information content (AvgIpc) is 2.34. The molecule has 0 radical (unpaired) electrons. The van der Waals surface area contributed by atoms with Gasteiger partial charge in [0.2, 0.25) is 0 Å². The Morgan fingerprint density at radius 3 is 2.55 bits per heavy atom. The van der Waals surface area contributed by atoms with E-state index in [4.69, 9.17) is 0 Å². The van der Waals surface area contributed by atoms with E-state index in [1.54, 1.807) is 21.5 Å². The maximum absolute atomic E-state index is 11.3. The molecule has 0 aliphatic carbocycles. The summed E-state index contributed by atoms with van der Waals surface area (Å²) in [5.74, 6) is 0.702. The minimum absolute atomic E-state index is 0.0570. The van der Waals surface area contributed by atoms with Crippen molar-refractivity contribution in [1.29, 1.82) is 0 Å². The monoisotopic (exact) mass is 172 g/mol. The van der Waals surface area contributed by atoms with Gasteiger partial charge in [0, 0.05) is 31.2 Å². The highest BCUT2D eigenvalue weighted by Crippen LogP contribution is 1.86.